The summed E-state index contributed by atoms with van der Waals surface area (Å²) in [5.74, 6) is 1.72. The van der Waals surface area contributed by atoms with Gasteiger partial charge in [0.1, 0.15) is 11.2 Å². The number of fused-ring (bicyclic) bond motifs is 4. The van der Waals surface area contributed by atoms with Crippen molar-refractivity contribution in [2.45, 2.75) is 0 Å². The third-order valence-corrected chi connectivity index (χ3v) is 9.44. The van der Waals surface area contributed by atoms with Gasteiger partial charge in [-0.1, -0.05) is 121 Å². The summed E-state index contributed by atoms with van der Waals surface area (Å²) in [5, 5.41) is 2.08. The zero-order valence-corrected chi connectivity index (χ0v) is 28.3. The summed E-state index contributed by atoms with van der Waals surface area (Å²) in [7, 11) is 0. The summed E-state index contributed by atoms with van der Waals surface area (Å²) in [6.07, 6.45) is 3.60. The molecule has 0 fully saturated rings. The Hall–Kier alpha value is -7.38. The van der Waals surface area contributed by atoms with Crippen molar-refractivity contribution in [3.8, 4) is 67.8 Å². The molecule has 0 amide bonds. The number of furan rings is 1. The molecule has 0 saturated heterocycles. The van der Waals surface area contributed by atoms with Crippen LogP contribution in [-0.2, 0) is 0 Å². The van der Waals surface area contributed by atoms with Gasteiger partial charge in [0, 0.05) is 45.4 Å². The van der Waals surface area contributed by atoms with Crippen molar-refractivity contribution < 1.29 is 4.42 Å². The molecule has 0 spiro atoms. The molecule has 248 valence electrons. The van der Waals surface area contributed by atoms with E-state index < -0.39 is 0 Å². The maximum absolute atomic E-state index is 6.37. The van der Waals surface area contributed by atoms with Crippen LogP contribution in [-0.4, -0.2) is 29.9 Å². The molecular weight excluding hydrogens is 653 g/mol. The first kappa shape index (κ1) is 30.4. The van der Waals surface area contributed by atoms with Gasteiger partial charge in [-0.3, -0.25) is 4.98 Å². The van der Waals surface area contributed by atoms with Gasteiger partial charge in [-0.15, -0.1) is 0 Å². The zero-order valence-electron chi connectivity index (χ0n) is 28.3. The summed E-state index contributed by atoms with van der Waals surface area (Å²) in [4.78, 5) is 29.6. The monoisotopic (exact) mass is 680 g/mol. The molecule has 53 heavy (non-hydrogen) atoms. The quantitative estimate of drug-likeness (QED) is 0.173. The predicted molar refractivity (Wildman–Crippen MR) is 211 cm³/mol. The first-order chi connectivity index (χ1) is 26.2. The molecule has 4 heterocycles. The number of rotatable bonds is 6. The van der Waals surface area contributed by atoms with E-state index >= 15 is 0 Å². The molecule has 0 aliphatic rings. The fourth-order valence-electron chi connectivity index (χ4n) is 6.81. The Balaban J connectivity index is 1.06. The second-order valence-corrected chi connectivity index (χ2v) is 12.8. The average molecular weight is 681 g/mol. The van der Waals surface area contributed by atoms with Crippen molar-refractivity contribution >= 4 is 33.0 Å². The van der Waals surface area contributed by atoms with Gasteiger partial charge in [-0.05, 0) is 47.5 Å². The third-order valence-electron chi connectivity index (χ3n) is 9.44. The van der Waals surface area contributed by atoms with E-state index in [1.54, 1.807) is 6.20 Å². The smallest absolute Gasteiger partial charge is 0.167 e. The molecule has 4 aromatic heterocycles. The van der Waals surface area contributed by atoms with Crippen LogP contribution in [0.1, 0.15) is 0 Å². The topological polar surface area (TPSA) is 90.5 Å². The Morgan fingerprint density at radius 3 is 1.75 bits per heavy atom. The van der Waals surface area contributed by atoms with E-state index in [1.807, 2.05) is 103 Å². The first-order valence-corrected chi connectivity index (χ1v) is 17.4. The van der Waals surface area contributed by atoms with Crippen LogP contribution in [0.4, 0.5) is 0 Å². The summed E-state index contributed by atoms with van der Waals surface area (Å²) in [6, 6.07) is 52.8. The molecule has 0 aliphatic heterocycles. The van der Waals surface area contributed by atoms with E-state index in [-0.39, 0.29) is 0 Å². The Bertz CT molecular complexity index is 2930. The number of benzene rings is 6. The highest BCUT2D eigenvalue weighted by Gasteiger charge is 2.18. The number of aromatic nitrogens is 6. The number of hydrogen-bond acceptors (Lipinski definition) is 7. The van der Waals surface area contributed by atoms with E-state index in [0.717, 1.165) is 83.3 Å². The van der Waals surface area contributed by atoms with Crippen LogP contribution in [0.5, 0.6) is 0 Å². The summed E-state index contributed by atoms with van der Waals surface area (Å²) >= 11 is 0. The number of para-hydroxylation sites is 2. The van der Waals surface area contributed by atoms with Gasteiger partial charge in [0.2, 0.25) is 0 Å². The molecule has 0 atom stereocenters. The molecule has 0 radical (unpaired) electrons. The molecule has 7 heteroatoms. The van der Waals surface area contributed by atoms with Gasteiger partial charge in [0.25, 0.3) is 0 Å². The van der Waals surface area contributed by atoms with Crippen LogP contribution < -0.4 is 0 Å². The fraction of sp³-hybridized carbons (Fsp3) is 0. The number of hydrogen-bond donors (Lipinski definition) is 0. The molecule has 0 bridgehead atoms. The largest absolute Gasteiger partial charge is 0.455 e. The molecule has 0 unspecified atom stereocenters. The van der Waals surface area contributed by atoms with Crippen molar-refractivity contribution in [1.82, 2.24) is 29.9 Å². The summed E-state index contributed by atoms with van der Waals surface area (Å²) in [5.41, 5.74) is 11.4. The molecule has 0 N–H and O–H groups in total. The average Bonchev–Trinajstić information content (AvgIpc) is 3.63. The van der Waals surface area contributed by atoms with Crippen molar-refractivity contribution in [3.05, 3.63) is 170 Å². The van der Waals surface area contributed by atoms with Gasteiger partial charge in [0.15, 0.2) is 17.5 Å². The van der Waals surface area contributed by atoms with E-state index in [1.165, 1.54) is 0 Å². The zero-order chi connectivity index (χ0) is 35.1. The highest BCUT2D eigenvalue weighted by molar-refractivity contribution is 6.09. The van der Waals surface area contributed by atoms with Gasteiger partial charge < -0.3 is 4.42 Å². The van der Waals surface area contributed by atoms with Crippen molar-refractivity contribution in [2.24, 2.45) is 0 Å². The fourth-order valence-corrected chi connectivity index (χ4v) is 6.81. The molecule has 7 nitrogen and oxygen atoms in total. The summed E-state index contributed by atoms with van der Waals surface area (Å²) < 4.78 is 6.37. The van der Waals surface area contributed by atoms with Gasteiger partial charge in [-0.2, -0.15) is 0 Å². The predicted octanol–water partition coefficient (Wildman–Crippen LogP) is 11.1. The van der Waals surface area contributed by atoms with Crippen molar-refractivity contribution in [2.75, 3.05) is 0 Å². The van der Waals surface area contributed by atoms with Gasteiger partial charge in [0.05, 0.1) is 28.0 Å². The molecule has 10 aromatic rings. The van der Waals surface area contributed by atoms with E-state index in [0.29, 0.717) is 17.5 Å². The van der Waals surface area contributed by atoms with Crippen LogP contribution in [0.25, 0.3) is 101 Å². The van der Waals surface area contributed by atoms with Gasteiger partial charge in [-0.25, -0.2) is 24.9 Å². The highest BCUT2D eigenvalue weighted by Crippen LogP contribution is 2.36. The highest BCUT2D eigenvalue weighted by atomic mass is 16.3. The normalized spacial score (nSPS) is 11.4. The summed E-state index contributed by atoms with van der Waals surface area (Å²) in [6.45, 7) is 0. The molecular formula is C46H28N6O. The lowest BCUT2D eigenvalue weighted by Crippen LogP contribution is -2.00. The Labute approximate surface area is 304 Å². The van der Waals surface area contributed by atoms with Gasteiger partial charge >= 0.3 is 0 Å². The standard InChI is InChI=1S/C46H28N6O/c1-3-11-30(12-4-1)41-42(34-15-10-26-47-28-34)49-39-27-33(24-25-38(39)48-41)29-20-22-32(23-21-29)45-50-44(31-13-5-2-6-14-31)51-46(52-45)37-18-9-17-36-35-16-7-8-19-40(35)53-43(36)37/h1-28H. The Morgan fingerprint density at radius 1 is 0.377 bits per heavy atom. The van der Waals surface area contributed by atoms with Crippen LogP contribution in [0.2, 0.25) is 0 Å². The lowest BCUT2D eigenvalue weighted by molar-refractivity contribution is 0.669. The second kappa shape index (κ2) is 12.7. The first-order valence-electron chi connectivity index (χ1n) is 17.4. The van der Waals surface area contributed by atoms with Crippen LogP contribution in [0.3, 0.4) is 0 Å². The molecule has 10 rings (SSSR count). The minimum Gasteiger partial charge on any atom is -0.455 e. The lowest BCUT2D eigenvalue weighted by atomic mass is 10.0. The Morgan fingerprint density at radius 2 is 0.981 bits per heavy atom. The van der Waals surface area contributed by atoms with Crippen molar-refractivity contribution in [1.29, 1.82) is 0 Å². The maximum Gasteiger partial charge on any atom is 0.167 e. The molecule has 0 saturated carbocycles. The molecule has 0 aliphatic carbocycles. The van der Waals surface area contributed by atoms with Crippen LogP contribution >= 0.6 is 0 Å². The maximum atomic E-state index is 6.37. The van der Waals surface area contributed by atoms with E-state index in [2.05, 4.69) is 65.6 Å². The van der Waals surface area contributed by atoms with Crippen LogP contribution in [0, 0.1) is 0 Å². The molecule has 6 aromatic carbocycles. The third kappa shape index (κ3) is 5.57. The number of pyridine rings is 1. The van der Waals surface area contributed by atoms with E-state index in [4.69, 9.17) is 29.3 Å². The number of nitrogens with zero attached hydrogens (tertiary/aromatic N) is 6. The van der Waals surface area contributed by atoms with Crippen LogP contribution in [0.15, 0.2) is 175 Å². The Kier molecular flexibility index (Phi) is 7.32. The lowest BCUT2D eigenvalue weighted by Gasteiger charge is -2.12. The SMILES string of the molecule is c1ccc(-c2nc(-c3ccc(-c4ccc5nc(-c6ccccc6)c(-c6cccnc6)nc5c4)cc3)nc(-c3cccc4c3oc3ccccc34)n2)cc1. The van der Waals surface area contributed by atoms with E-state index in [9.17, 15) is 0 Å². The van der Waals surface area contributed by atoms with Crippen molar-refractivity contribution in [3.63, 3.8) is 0 Å². The second-order valence-electron chi connectivity index (χ2n) is 12.8. The minimum absolute atomic E-state index is 0.551. The minimum atomic E-state index is 0.551.